The molecule has 0 radical (unpaired) electrons. The molecule has 0 amide bonds. The molecule has 1 aromatic heterocycles. The lowest BCUT2D eigenvalue weighted by Gasteiger charge is -2.30. The molecule has 114 valence electrons. The summed E-state index contributed by atoms with van der Waals surface area (Å²) in [4.78, 5) is 2.78. The summed E-state index contributed by atoms with van der Waals surface area (Å²) in [6.45, 7) is 12.1. The maximum absolute atomic E-state index is 5.91. The Morgan fingerprint density at radius 1 is 1.35 bits per heavy atom. The Hall–Kier alpha value is -0.420. The van der Waals surface area contributed by atoms with E-state index in [4.69, 9.17) is 9.47 Å². The molecule has 1 aromatic rings. The number of hydrogen-bond donors (Lipinski definition) is 1. The van der Waals surface area contributed by atoms with Gasteiger partial charge in [0, 0.05) is 9.75 Å². The van der Waals surface area contributed by atoms with Gasteiger partial charge in [-0.25, -0.2) is 0 Å². The lowest BCUT2D eigenvalue weighted by Crippen LogP contribution is -2.40. The van der Waals surface area contributed by atoms with Gasteiger partial charge < -0.3 is 14.8 Å². The van der Waals surface area contributed by atoms with E-state index in [2.05, 4.69) is 45.1 Å². The second-order valence-electron chi connectivity index (χ2n) is 6.37. The van der Waals surface area contributed by atoms with Gasteiger partial charge in [-0.2, -0.15) is 0 Å². The van der Waals surface area contributed by atoms with E-state index in [1.807, 2.05) is 11.3 Å². The van der Waals surface area contributed by atoms with Crippen LogP contribution in [-0.4, -0.2) is 32.5 Å². The number of ether oxygens (including phenoxy) is 2. The Morgan fingerprint density at radius 3 is 2.70 bits per heavy atom. The number of rotatable bonds is 5. The van der Waals surface area contributed by atoms with Crippen molar-refractivity contribution in [2.24, 2.45) is 0 Å². The van der Waals surface area contributed by atoms with Crippen LogP contribution in [0.4, 0.5) is 0 Å². The summed E-state index contributed by atoms with van der Waals surface area (Å²) in [5, 5.41) is 3.63. The fourth-order valence-electron chi connectivity index (χ4n) is 2.34. The molecule has 2 rings (SSSR count). The minimum atomic E-state index is 0.127. The summed E-state index contributed by atoms with van der Waals surface area (Å²) in [5.74, 6) is 0. The molecule has 2 unspecified atom stereocenters. The van der Waals surface area contributed by atoms with E-state index in [0.717, 1.165) is 13.0 Å². The molecule has 1 aliphatic rings. The smallest absolute Gasteiger partial charge is 0.101 e. The van der Waals surface area contributed by atoms with Crippen LogP contribution >= 0.6 is 11.3 Å². The summed E-state index contributed by atoms with van der Waals surface area (Å²) in [6.07, 6.45) is 1.25. The zero-order chi connectivity index (χ0) is 14.6. The molecule has 2 atom stereocenters. The summed E-state index contributed by atoms with van der Waals surface area (Å²) < 4.78 is 11.5. The van der Waals surface area contributed by atoms with E-state index in [0.29, 0.717) is 19.8 Å². The van der Waals surface area contributed by atoms with Crippen molar-refractivity contribution in [1.29, 1.82) is 0 Å². The minimum Gasteiger partial charge on any atom is -0.376 e. The SMILES string of the molecule is CCCNC(c1ccc(C(C)(C)C)s1)C1COCCO1. The van der Waals surface area contributed by atoms with Crippen LogP contribution in [0.3, 0.4) is 0 Å². The predicted octanol–water partition coefficient (Wildman–Crippen LogP) is 3.50. The van der Waals surface area contributed by atoms with E-state index in [1.54, 1.807) is 0 Å². The van der Waals surface area contributed by atoms with E-state index in [9.17, 15) is 0 Å². The van der Waals surface area contributed by atoms with E-state index < -0.39 is 0 Å². The molecule has 1 aliphatic heterocycles. The fourth-order valence-corrected chi connectivity index (χ4v) is 3.53. The standard InChI is InChI=1S/C16H27NO2S/c1-5-8-17-15(12-11-18-9-10-19-12)13-6-7-14(20-13)16(2,3)4/h6-7,12,15,17H,5,8-11H2,1-4H3. The molecule has 2 heterocycles. The Kier molecular flexibility index (Phi) is 5.61. The average molecular weight is 297 g/mol. The summed E-state index contributed by atoms with van der Waals surface area (Å²) in [7, 11) is 0. The largest absolute Gasteiger partial charge is 0.376 e. The quantitative estimate of drug-likeness (QED) is 0.902. The zero-order valence-corrected chi connectivity index (χ0v) is 13.9. The summed E-state index contributed by atoms with van der Waals surface area (Å²) in [6, 6.07) is 4.75. The number of thiophene rings is 1. The van der Waals surface area contributed by atoms with Crippen LogP contribution in [0.15, 0.2) is 12.1 Å². The van der Waals surface area contributed by atoms with Gasteiger partial charge in [0.2, 0.25) is 0 Å². The van der Waals surface area contributed by atoms with Crippen molar-refractivity contribution in [3.05, 3.63) is 21.9 Å². The van der Waals surface area contributed by atoms with Crippen molar-refractivity contribution in [1.82, 2.24) is 5.32 Å². The highest BCUT2D eigenvalue weighted by Crippen LogP contribution is 2.34. The van der Waals surface area contributed by atoms with Crippen molar-refractivity contribution >= 4 is 11.3 Å². The van der Waals surface area contributed by atoms with Gasteiger partial charge in [-0.05, 0) is 30.5 Å². The third kappa shape index (κ3) is 4.04. The maximum atomic E-state index is 5.91. The van der Waals surface area contributed by atoms with Crippen molar-refractivity contribution in [2.75, 3.05) is 26.4 Å². The van der Waals surface area contributed by atoms with Crippen LogP contribution in [-0.2, 0) is 14.9 Å². The molecular weight excluding hydrogens is 270 g/mol. The van der Waals surface area contributed by atoms with Crippen LogP contribution in [0.5, 0.6) is 0 Å². The highest BCUT2D eigenvalue weighted by molar-refractivity contribution is 7.12. The lowest BCUT2D eigenvalue weighted by atomic mass is 9.95. The topological polar surface area (TPSA) is 30.5 Å². The Bertz CT molecular complexity index is 405. The second kappa shape index (κ2) is 7.03. The van der Waals surface area contributed by atoms with Gasteiger partial charge in [-0.3, -0.25) is 0 Å². The molecule has 4 heteroatoms. The zero-order valence-electron chi connectivity index (χ0n) is 13.1. The molecule has 1 saturated heterocycles. The average Bonchev–Trinajstić information content (AvgIpc) is 2.90. The Morgan fingerprint density at radius 2 is 2.15 bits per heavy atom. The Balaban J connectivity index is 2.14. The van der Waals surface area contributed by atoms with E-state index in [-0.39, 0.29) is 17.6 Å². The monoisotopic (exact) mass is 297 g/mol. The van der Waals surface area contributed by atoms with Crippen LogP contribution < -0.4 is 5.32 Å². The number of nitrogens with one attached hydrogen (secondary N) is 1. The second-order valence-corrected chi connectivity index (χ2v) is 7.48. The van der Waals surface area contributed by atoms with Crippen LogP contribution in [0.25, 0.3) is 0 Å². The first kappa shape index (κ1) is 16.0. The molecular formula is C16H27NO2S. The van der Waals surface area contributed by atoms with Gasteiger partial charge in [-0.1, -0.05) is 27.7 Å². The molecule has 1 N–H and O–H groups in total. The third-order valence-corrected chi connectivity index (χ3v) is 5.09. The molecule has 0 aliphatic carbocycles. The van der Waals surface area contributed by atoms with Crippen molar-refractivity contribution in [2.45, 2.75) is 51.7 Å². The van der Waals surface area contributed by atoms with Crippen molar-refractivity contribution in [3.63, 3.8) is 0 Å². The molecule has 1 fully saturated rings. The van der Waals surface area contributed by atoms with Gasteiger partial charge in [0.25, 0.3) is 0 Å². The van der Waals surface area contributed by atoms with E-state index >= 15 is 0 Å². The first-order chi connectivity index (χ1) is 9.52. The lowest BCUT2D eigenvalue weighted by molar-refractivity contribution is -0.102. The van der Waals surface area contributed by atoms with Gasteiger partial charge in [-0.15, -0.1) is 11.3 Å². The van der Waals surface area contributed by atoms with Crippen molar-refractivity contribution < 1.29 is 9.47 Å². The molecule has 0 aromatic carbocycles. The number of hydrogen-bond acceptors (Lipinski definition) is 4. The van der Waals surface area contributed by atoms with Gasteiger partial charge in [0.05, 0.1) is 25.9 Å². The molecule has 3 nitrogen and oxygen atoms in total. The summed E-state index contributed by atoms with van der Waals surface area (Å²) in [5.41, 5.74) is 0.210. The molecule has 0 bridgehead atoms. The normalized spacial score (nSPS) is 21.9. The fraction of sp³-hybridized carbons (Fsp3) is 0.750. The van der Waals surface area contributed by atoms with Gasteiger partial charge in [0.1, 0.15) is 6.10 Å². The van der Waals surface area contributed by atoms with Gasteiger partial charge >= 0.3 is 0 Å². The minimum absolute atomic E-state index is 0.127. The molecule has 0 saturated carbocycles. The van der Waals surface area contributed by atoms with Crippen LogP contribution in [0, 0.1) is 0 Å². The molecule has 20 heavy (non-hydrogen) atoms. The van der Waals surface area contributed by atoms with Gasteiger partial charge in [0.15, 0.2) is 0 Å². The van der Waals surface area contributed by atoms with Crippen LogP contribution in [0.2, 0.25) is 0 Å². The van der Waals surface area contributed by atoms with Crippen LogP contribution in [0.1, 0.15) is 49.9 Å². The first-order valence-corrected chi connectivity index (χ1v) is 8.37. The summed E-state index contributed by atoms with van der Waals surface area (Å²) >= 11 is 1.89. The highest BCUT2D eigenvalue weighted by Gasteiger charge is 2.28. The highest BCUT2D eigenvalue weighted by atomic mass is 32.1. The maximum Gasteiger partial charge on any atom is 0.101 e. The molecule has 0 spiro atoms. The third-order valence-electron chi connectivity index (χ3n) is 3.50. The first-order valence-electron chi connectivity index (χ1n) is 7.55. The van der Waals surface area contributed by atoms with Crippen molar-refractivity contribution in [3.8, 4) is 0 Å². The predicted molar refractivity (Wildman–Crippen MR) is 84.6 cm³/mol. The van der Waals surface area contributed by atoms with E-state index in [1.165, 1.54) is 9.75 Å². The Labute approximate surface area is 126 Å².